The Hall–Kier alpha value is -3.88. The van der Waals surface area contributed by atoms with Crippen LogP contribution in [0.2, 0.25) is 0 Å². The van der Waals surface area contributed by atoms with Crippen LogP contribution in [0.15, 0.2) is 47.3 Å². The Morgan fingerprint density at radius 2 is 1.72 bits per heavy atom. The van der Waals surface area contributed by atoms with Gasteiger partial charge >= 0.3 is 5.97 Å². The minimum atomic E-state index is -0.894. The number of methoxy groups -OCH3 is 3. The molecule has 0 spiro atoms. The number of fused-ring (bicyclic) bond motifs is 1. The molecule has 0 aliphatic heterocycles. The monoisotopic (exact) mass is 439 g/mol. The van der Waals surface area contributed by atoms with E-state index in [4.69, 9.17) is 14.2 Å². The van der Waals surface area contributed by atoms with Crippen LogP contribution in [-0.4, -0.2) is 48.8 Å². The number of amides is 1. The highest BCUT2D eigenvalue weighted by Crippen LogP contribution is 2.30. The summed E-state index contributed by atoms with van der Waals surface area (Å²) < 4.78 is 16.8. The number of nitrogens with zero attached hydrogens (tertiary/aromatic N) is 2. The molecule has 9 heteroatoms. The van der Waals surface area contributed by atoms with E-state index in [2.05, 4.69) is 10.3 Å². The number of ether oxygens (including phenoxy) is 3. The van der Waals surface area contributed by atoms with Crippen molar-refractivity contribution in [2.24, 2.45) is 0 Å². The number of carbonyl (C=O) groups excluding carboxylic acids is 2. The third-order valence-electron chi connectivity index (χ3n) is 5.02. The van der Waals surface area contributed by atoms with Crippen LogP contribution in [0.25, 0.3) is 11.0 Å². The first-order valence-corrected chi connectivity index (χ1v) is 9.92. The van der Waals surface area contributed by atoms with Crippen molar-refractivity contribution in [2.45, 2.75) is 25.9 Å². The van der Waals surface area contributed by atoms with Crippen molar-refractivity contribution in [1.82, 2.24) is 14.9 Å². The molecular formula is C23H25N3O6. The van der Waals surface area contributed by atoms with Crippen LogP contribution >= 0.6 is 0 Å². The number of benzene rings is 2. The molecule has 1 atom stereocenters. The van der Waals surface area contributed by atoms with Crippen molar-refractivity contribution in [2.75, 3.05) is 21.3 Å². The third-order valence-corrected chi connectivity index (χ3v) is 5.02. The second-order valence-corrected chi connectivity index (χ2v) is 7.12. The first kappa shape index (κ1) is 22.8. The number of aromatic nitrogens is 2. The maximum Gasteiger partial charge on any atom is 0.328 e. The minimum absolute atomic E-state index is 0.228. The van der Waals surface area contributed by atoms with E-state index in [-0.39, 0.29) is 18.7 Å². The zero-order valence-electron chi connectivity index (χ0n) is 18.4. The maximum absolute atomic E-state index is 12.9. The van der Waals surface area contributed by atoms with Gasteiger partial charge in [0.05, 0.1) is 32.4 Å². The average molecular weight is 439 g/mol. The molecule has 1 N–H and O–H groups in total. The predicted molar refractivity (Wildman–Crippen MR) is 118 cm³/mol. The third kappa shape index (κ3) is 4.88. The number of nitrogens with one attached hydrogen (secondary N) is 1. The molecule has 3 rings (SSSR count). The fourth-order valence-corrected chi connectivity index (χ4v) is 3.42. The van der Waals surface area contributed by atoms with Gasteiger partial charge < -0.3 is 19.5 Å². The zero-order chi connectivity index (χ0) is 23.3. The highest BCUT2D eigenvalue weighted by molar-refractivity contribution is 5.86. The first-order valence-electron chi connectivity index (χ1n) is 9.92. The summed E-state index contributed by atoms with van der Waals surface area (Å²) in [7, 11) is 4.24. The summed E-state index contributed by atoms with van der Waals surface area (Å²) in [5.74, 6) is -0.234. The Kier molecular flexibility index (Phi) is 7.09. The molecule has 168 valence electrons. The lowest BCUT2D eigenvalue weighted by Crippen LogP contribution is -2.45. The number of hydrogen-bond donors (Lipinski definition) is 1. The van der Waals surface area contributed by atoms with Crippen LogP contribution in [0.4, 0.5) is 0 Å². The lowest BCUT2D eigenvalue weighted by Gasteiger charge is -2.18. The molecule has 0 bridgehead atoms. The quantitative estimate of drug-likeness (QED) is 0.531. The molecule has 3 aromatic rings. The van der Waals surface area contributed by atoms with Gasteiger partial charge in [-0.1, -0.05) is 30.3 Å². The van der Waals surface area contributed by atoms with Crippen LogP contribution < -0.4 is 20.3 Å². The molecule has 2 aromatic carbocycles. The van der Waals surface area contributed by atoms with Gasteiger partial charge in [-0.2, -0.15) is 0 Å². The van der Waals surface area contributed by atoms with E-state index in [1.807, 2.05) is 30.3 Å². The predicted octanol–water partition coefficient (Wildman–Crippen LogP) is 1.62. The second kappa shape index (κ2) is 9.95. The fourth-order valence-electron chi connectivity index (χ4n) is 3.42. The molecule has 1 amide bonds. The summed E-state index contributed by atoms with van der Waals surface area (Å²) in [5.41, 5.74) is 1.55. The average Bonchev–Trinajstić information content (AvgIpc) is 2.80. The van der Waals surface area contributed by atoms with Gasteiger partial charge in [-0.05, 0) is 12.5 Å². The van der Waals surface area contributed by atoms with E-state index in [9.17, 15) is 14.4 Å². The van der Waals surface area contributed by atoms with Gasteiger partial charge in [0.1, 0.15) is 18.3 Å². The summed E-state index contributed by atoms with van der Waals surface area (Å²) in [6.45, 7) is 1.26. The Morgan fingerprint density at radius 3 is 2.34 bits per heavy atom. The Morgan fingerprint density at radius 1 is 1.06 bits per heavy atom. The molecule has 32 heavy (non-hydrogen) atoms. The molecule has 0 fully saturated rings. The normalized spacial score (nSPS) is 11.6. The van der Waals surface area contributed by atoms with Crippen molar-refractivity contribution in [3.63, 3.8) is 0 Å². The molecule has 0 radical (unpaired) electrons. The standard InChI is InChI=1S/C23H25N3O6/c1-14-22(28)26(18-12-20(31-3)19(30-2)11-16(18)24-14)13-21(27)25-17(23(29)32-4)10-15-8-6-5-7-9-15/h5-9,11-12,17H,10,13H2,1-4H3,(H,25,27)/t17-/m0/s1. The van der Waals surface area contributed by atoms with E-state index in [0.717, 1.165) is 5.56 Å². The van der Waals surface area contributed by atoms with E-state index < -0.39 is 23.5 Å². The topological polar surface area (TPSA) is 109 Å². The molecule has 0 aliphatic carbocycles. The lowest BCUT2D eigenvalue weighted by atomic mass is 10.1. The molecule has 9 nitrogen and oxygen atoms in total. The fraction of sp³-hybridized carbons (Fsp3) is 0.304. The van der Waals surface area contributed by atoms with Crippen molar-refractivity contribution >= 4 is 22.9 Å². The highest BCUT2D eigenvalue weighted by Gasteiger charge is 2.23. The summed E-state index contributed by atoms with van der Waals surface area (Å²) in [4.78, 5) is 42.2. The number of carbonyl (C=O) groups is 2. The number of rotatable bonds is 8. The molecule has 0 saturated carbocycles. The van der Waals surface area contributed by atoms with Gasteiger partial charge in [0.2, 0.25) is 5.91 Å². The van der Waals surface area contributed by atoms with Crippen LogP contribution in [0, 0.1) is 6.92 Å². The lowest BCUT2D eigenvalue weighted by molar-refractivity contribution is -0.145. The van der Waals surface area contributed by atoms with Gasteiger partial charge in [-0.25, -0.2) is 9.78 Å². The van der Waals surface area contributed by atoms with Gasteiger partial charge in [0.25, 0.3) is 5.56 Å². The van der Waals surface area contributed by atoms with Crippen LogP contribution in [0.3, 0.4) is 0 Å². The Labute approximate surface area is 184 Å². The summed E-state index contributed by atoms with van der Waals surface area (Å²) in [6, 6.07) is 11.6. The molecule has 1 heterocycles. The molecule has 0 aliphatic rings. The van der Waals surface area contributed by atoms with E-state index in [0.29, 0.717) is 22.5 Å². The molecule has 0 unspecified atom stereocenters. The van der Waals surface area contributed by atoms with Crippen molar-refractivity contribution < 1.29 is 23.8 Å². The van der Waals surface area contributed by atoms with Crippen LogP contribution in [0.1, 0.15) is 11.3 Å². The van der Waals surface area contributed by atoms with Gasteiger partial charge in [-0.15, -0.1) is 0 Å². The van der Waals surface area contributed by atoms with Crippen molar-refractivity contribution in [3.05, 3.63) is 64.1 Å². The molecular weight excluding hydrogens is 414 g/mol. The minimum Gasteiger partial charge on any atom is -0.493 e. The summed E-state index contributed by atoms with van der Waals surface area (Å²) in [6.07, 6.45) is 0.259. The van der Waals surface area contributed by atoms with Gasteiger partial charge in [0, 0.05) is 18.6 Å². The SMILES string of the molecule is COC(=O)[C@H](Cc1ccccc1)NC(=O)Cn1c(=O)c(C)nc2cc(OC)c(OC)cc21. The van der Waals surface area contributed by atoms with Gasteiger partial charge in [-0.3, -0.25) is 14.2 Å². The smallest absolute Gasteiger partial charge is 0.328 e. The summed E-state index contributed by atoms with van der Waals surface area (Å²) in [5, 5.41) is 2.68. The van der Waals surface area contributed by atoms with Crippen molar-refractivity contribution in [3.8, 4) is 11.5 Å². The summed E-state index contributed by atoms with van der Waals surface area (Å²) >= 11 is 0. The second-order valence-electron chi connectivity index (χ2n) is 7.12. The van der Waals surface area contributed by atoms with Crippen molar-refractivity contribution in [1.29, 1.82) is 0 Å². The number of esters is 1. The van der Waals surface area contributed by atoms with E-state index >= 15 is 0 Å². The molecule has 1 aromatic heterocycles. The van der Waals surface area contributed by atoms with Crippen LogP contribution in [-0.2, 0) is 27.3 Å². The Balaban J connectivity index is 1.93. The zero-order valence-corrected chi connectivity index (χ0v) is 18.4. The highest BCUT2D eigenvalue weighted by atomic mass is 16.5. The largest absolute Gasteiger partial charge is 0.493 e. The Bertz CT molecular complexity index is 1190. The number of hydrogen-bond acceptors (Lipinski definition) is 7. The van der Waals surface area contributed by atoms with E-state index in [1.54, 1.807) is 19.1 Å². The van der Waals surface area contributed by atoms with E-state index in [1.165, 1.54) is 25.9 Å². The number of aryl methyl sites for hydroxylation is 1. The maximum atomic E-state index is 12.9. The van der Waals surface area contributed by atoms with Gasteiger partial charge in [0.15, 0.2) is 11.5 Å². The van der Waals surface area contributed by atoms with Crippen LogP contribution in [0.5, 0.6) is 11.5 Å². The first-order chi connectivity index (χ1) is 15.4. The molecule has 0 saturated heterocycles.